The summed E-state index contributed by atoms with van der Waals surface area (Å²) in [4.78, 5) is 11.8. The Bertz CT molecular complexity index is 458. The maximum absolute atomic E-state index is 11.8. The number of rotatable bonds is 5. The molecule has 94 valence electrons. The number of nitrogens with one attached hydrogen (secondary N) is 1. The van der Waals surface area contributed by atoms with E-state index in [0.29, 0.717) is 17.1 Å². The van der Waals surface area contributed by atoms with E-state index in [4.69, 9.17) is 0 Å². The molecule has 0 bridgehead atoms. The largest absolute Gasteiger partial charge is 0.380 e. The molecule has 1 aromatic rings. The Balaban J connectivity index is 2.08. The average molecular weight is 300 g/mol. The smallest absolute Gasteiger partial charge is 0.283 e. The molecule has 0 aliphatic heterocycles. The number of aromatic nitrogens is 2. The topological polar surface area (TPSA) is 46.9 Å². The Morgan fingerprint density at radius 3 is 3.00 bits per heavy atom. The van der Waals surface area contributed by atoms with E-state index in [-0.39, 0.29) is 5.56 Å². The molecule has 2 atom stereocenters. The van der Waals surface area contributed by atoms with Crippen LogP contribution in [0.5, 0.6) is 0 Å². The van der Waals surface area contributed by atoms with Gasteiger partial charge in [0.2, 0.25) is 0 Å². The summed E-state index contributed by atoms with van der Waals surface area (Å²) in [5.41, 5.74) is 0.758. The van der Waals surface area contributed by atoms with Crippen LogP contribution in [0.2, 0.25) is 0 Å². The van der Waals surface area contributed by atoms with Crippen LogP contribution in [0.15, 0.2) is 15.5 Å². The van der Waals surface area contributed by atoms with Crippen molar-refractivity contribution in [3.05, 3.63) is 21.0 Å². The third-order valence-corrected chi connectivity index (χ3v) is 3.97. The molecular formula is C12H18BrN3O. The minimum absolute atomic E-state index is 0.0646. The van der Waals surface area contributed by atoms with Crippen LogP contribution in [-0.4, -0.2) is 15.8 Å². The first-order valence-electron chi connectivity index (χ1n) is 6.19. The summed E-state index contributed by atoms with van der Waals surface area (Å²) in [7, 11) is 0. The van der Waals surface area contributed by atoms with E-state index >= 15 is 0 Å². The SMILES string of the molecule is CCCC1CC1Nc1cnn(CC)c(=O)c1Br. The van der Waals surface area contributed by atoms with E-state index in [0.717, 1.165) is 11.6 Å². The molecule has 0 radical (unpaired) electrons. The molecule has 2 unspecified atom stereocenters. The number of aryl methyl sites for hydroxylation is 1. The number of hydrogen-bond donors (Lipinski definition) is 1. The Morgan fingerprint density at radius 2 is 2.35 bits per heavy atom. The molecule has 1 saturated carbocycles. The van der Waals surface area contributed by atoms with Gasteiger partial charge in [0, 0.05) is 12.6 Å². The fourth-order valence-corrected chi connectivity index (χ4v) is 2.53. The van der Waals surface area contributed by atoms with Crippen molar-refractivity contribution in [2.75, 3.05) is 5.32 Å². The highest BCUT2D eigenvalue weighted by molar-refractivity contribution is 9.10. The van der Waals surface area contributed by atoms with Gasteiger partial charge in [-0.1, -0.05) is 13.3 Å². The molecule has 1 aliphatic rings. The van der Waals surface area contributed by atoms with Crippen molar-refractivity contribution >= 4 is 21.6 Å². The maximum atomic E-state index is 11.8. The number of anilines is 1. The van der Waals surface area contributed by atoms with Crippen LogP contribution < -0.4 is 10.9 Å². The van der Waals surface area contributed by atoms with E-state index in [1.165, 1.54) is 23.9 Å². The van der Waals surface area contributed by atoms with Crippen molar-refractivity contribution in [1.29, 1.82) is 0 Å². The quantitative estimate of drug-likeness (QED) is 0.909. The van der Waals surface area contributed by atoms with Crippen molar-refractivity contribution in [3.63, 3.8) is 0 Å². The lowest BCUT2D eigenvalue weighted by Crippen LogP contribution is -2.24. The standard InChI is InChI=1S/C12H18BrN3O/c1-3-5-8-6-9(8)15-10-7-14-16(4-2)12(17)11(10)13/h7-9,15H,3-6H2,1-2H3. The summed E-state index contributed by atoms with van der Waals surface area (Å²) >= 11 is 3.35. The lowest BCUT2D eigenvalue weighted by Gasteiger charge is -2.09. The lowest BCUT2D eigenvalue weighted by molar-refractivity contribution is 0.612. The van der Waals surface area contributed by atoms with Gasteiger partial charge in [0.1, 0.15) is 4.47 Å². The van der Waals surface area contributed by atoms with Crippen LogP contribution in [0, 0.1) is 5.92 Å². The minimum atomic E-state index is -0.0646. The van der Waals surface area contributed by atoms with Crippen LogP contribution >= 0.6 is 15.9 Å². The molecule has 0 aromatic carbocycles. The van der Waals surface area contributed by atoms with Gasteiger partial charge in [0.25, 0.3) is 5.56 Å². The van der Waals surface area contributed by atoms with Crippen LogP contribution in [0.1, 0.15) is 33.1 Å². The van der Waals surface area contributed by atoms with Gasteiger partial charge < -0.3 is 5.32 Å². The predicted octanol–water partition coefficient (Wildman–Crippen LogP) is 2.63. The first kappa shape index (κ1) is 12.6. The van der Waals surface area contributed by atoms with E-state index in [9.17, 15) is 4.79 Å². The van der Waals surface area contributed by atoms with Crippen molar-refractivity contribution < 1.29 is 0 Å². The van der Waals surface area contributed by atoms with Gasteiger partial charge in [0.05, 0.1) is 11.9 Å². The molecule has 1 fully saturated rings. The molecule has 17 heavy (non-hydrogen) atoms. The van der Waals surface area contributed by atoms with E-state index in [1.54, 1.807) is 6.20 Å². The minimum Gasteiger partial charge on any atom is -0.380 e. The molecule has 0 spiro atoms. The summed E-state index contributed by atoms with van der Waals surface area (Å²) in [5, 5.41) is 7.51. The second-order valence-electron chi connectivity index (χ2n) is 4.53. The van der Waals surface area contributed by atoms with E-state index in [1.807, 2.05) is 6.92 Å². The van der Waals surface area contributed by atoms with E-state index in [2.05, 4.69) is 33.3 Å². The Labute approximate surface area is 110 Å². The zero-order chi connectivity index (χ0) is 12.4. The number of halogens is 1. The molecule has 1 N–H and O–H groups in total. The first-order valence-corrected chi connectivity index (χ1v) is 6.98. The highest BCUT2D eigenvalue weighted by Crippen LogP contribution is 2.37. The third-order valence-electron chi connectivity index (χ3n) is 3.21. The molecule has 0 amide bonds. The molecule has 2 rings (SSSR count). The second kappa shape index (κ2) is 5.21. The summed E-state index contributed by atoms with van der Waals surface area (Å²) in [6.45, 7) is 4.71. The van der Waals surface area contributed by atoms with Gasteiger partial charge in [-0.25, -0.2) is 4.68 Å². The summed E-state index contributed by atoms with van der Waals surface area (Å²) < 4.78 is 2.04. The summed E-state index contributed by atoms with van der Waals surface area (Å²) in [5.74, 6) is 0.764. The van der Waals surface area contributed by atoms with Gasteiger partial charge in [0.15, 0.2) is 0 Å². The van der Waals surface area contributed by atoms with Gasteiger partial charge in [-0.05, 0) is 41.6 Å². The molecule has 1 aliphatic carbocycles. The molecular weight excluding hydrogens is 282 g/mol. The van der Waals surface area contributed by atoms with E-state index < -0.39 is 0 Å². The van der Waals surface area contributed by atoms with Gasteiger partial charge in [-0.2, -0.15) is 5.10 Å². The molecule has 1 aromatic heterocycles. The third kappa shape index (κ3) is 2.70. The molecule has 5 heteroatoms. The summed E-state index contributed by atoms with van der Waals surface area (Å²) in [6.07, 6.45) is 5.42. The second-order valence-corrected chi connectivity index (χ2v) is 5.32. The molecule has 0 saturated heterocycles. The molecule has 4 nitrogen and oxygen atoms in total. The average Bonchev–Trinajstić information content (AvgIpc) is 3.04. The first-order chi connectivity index (χ1) is 8.17. The van der Waals surface area contributed by atoms with Gasteiger partial charge >= 0.3 is 0 Å². The lowest BCUT2D eigenvalue weighted by atomic mass is 10.2. The van der Waals surface area contributed by atoms with Crippen molar-refractivity contribution in [3.8, 4) is 0 Å². The van der Waals surface area contributed by atoms with Crippen molar-refractivity contribution in [2.45, 2.75) is 45.7 Å². The zero-order valence-electron chi connectivity index (χ0n) is 10.2. The van der Waals surface area contributed by atoms with Gasteiger partial charge in [-0.15, -0.1) is 0 Å². The Morgan fingerprint density at radius 1 is 1.59 bits per heavy atom. The zero-order valence-corrected chi connectivity index (χ0v) is 11.8. The highest BCUT2D eigenvalue weighted by atomic mass is 79.9. The number of nitrogens with zero attached hydrogens (tertiary/aromatic N) is 2. The fraction of sp³-hybridized carbons (Fsp3) is 0.667. The summed E-state index contributed by atoms with van der Waals surface area (Å²) in [6, 6.07) is 0.518. The fourth-order valence-electron chi connectivity index (χ4n) is 2.10. The normalized spacial score (nSPS) is 22.5. The number of hydrogen-bond acceptors (Lipinski definition) is 3. The van der Waals surface area contributed by atoms with Crippen LogP contribution in [0.25, 0.3) is 0 Å². The van der Waals surface area contributed by atoms with Crippen LogP contribution in [-0.2, 0) is 6.54 Å². The monoisotopic (exact) mass is 299 g/mol. The van der Waals surface area contributed by atoms with Crippen LogP contribution in [0.3, 0.4) is 0 Å². The highest BCUT2D eigenvalue weighted by Gasteiger charge is 2.36. The Kier molecular flexibility index (Phi) is 3.86. The maximum Gasteiger partial charge on any atom is 0.283 e. The van der Waals surface area contributed by atoms with Crippen molar-refractivity contribution in [2.24, 2.45) is 5.92 Å². The predicted molar refractivity (Wildman–Crippen MR) is 72.3 cm³/mol. The van der Waals surface area contributed by atoms with Crippen molar-refractivity contribution in [1.82, 2.24) is 9.78 Å². The molecule has 1 heterocycles. The Hall–Kier alpha value is -0.840. The van der Waals surface area contributed by atoms with Gasteiger partial charge in [-0.3, -0.25) is 4.79 Å². The van der Waals surface area contributed by atoms with Crippen LogP contribution in [0.4, 0.5) is 5.69 Å².